The molecule has 0 radical (unpaired) electrons. The van der Waals surface area contributed by atoms with Gasteiger partial charge in [-0.3, -0.25) is 4.55 Å². The van der Waals surface area contributed by atoms with Crippen LogP contribution in [0.2, 0.25) is 0 Å². The molecule has 4 nitrogen and oxygen atoms in total. The van der Waals surface area contributed by atoms with Gasteiger partial charge in [0, 0.05) is 0 Å². The maximum absolute atomic E-state index is 11.2. The summed E-state index contributed by atoms with van der Waals surface area (Å²) in [5, 5.41) is 9.91. The fourth-order valence-corrected chi connectivity index (χ4v) is 2.67. The SMILES string of the molecule is O=S(=O)(O)[C@@H](O)C(c1ccccc1)c1ccccc1. The molecule has 2 aromatic rings. The van der Waals surface area contributed by atoms with Crippen LogP contribution < -0.4 is 0 Å². The molecule has 2 aromatic carbocycles. The van der Waals surface area contributed by atoms with Crippen molar-refractivity contribution in [1.29, 1.82) is 0 Å². The smallest absolute Gasteiger partial charge is 0.292 e. The minimum Gasteiger partial charge on any atom is -0.374 e. The van der Waals surface area contributed by atoms with E-state index in [0.29, 0.717) is 11.1 Å². The Morgan fingerprint density at radius 2 is 1.16 bits per heavy atom. The Kier molecular flexibility index (Phi) is 3.99. The molecule has 0 aliphatic heterocycles. The third kappa shape index (κ3) is 3.20. The Bertz CT molecular complexity index is 584. The van der Waals surface area contributed by atoms with Crippen molar-refractivity contribution in [2.45, 2.75) is 11.4 Å². The van der Waals surface area contributed by atoms with E-state index in [4.69, 9.17) is 4.55 Å². The Morgan fingerprint density at radius 1 is 0.789 bits per heavy atom. The van der Waals surface area contributed by atoms with Crippen molar-refractivity contribution in [2.75, 3.05) is 0 Å². The summed E-state index contributed by atoms with van der Waals surface area (Å²) in [6, 6.07) is 17.5. The second-order valence-electron chi connectivity index (χ2n) is 4.20. The molecule has 0 spiro atoms. The molecule has 1 atom stereocenters. The lowest BCUT2D eigenvalue weighted by Gasteiger charge is -2.21. The molecule has 2 rings (SSSR count). The molecule has 2 N–H and O–H groups in total. The second kappa shape index (κ2) is 5.52. The van der Waals surface area contributed by atoms with Gasteiger partial charge in [0.2, 0.25) is 0 Å². The summed E-state index contributed by atoms with van der Waals surface area (Å²) in [7, 11) is -4.54. The van der Waals surface area contributed by atoms with Gasteiger partial charge in [0.25, 0.3) is 10.1 Å². The first kappa shape index (κ1) is 13.7. The van der Waals surface area contributed by atoms with E-state index in [2.05, 4.69) is 0 Å². The van der Waals surface area contributed by atoms with Crippen molar-refractivity contribution in [3.63, 3.8) is 0 Å². The lowest BCUT2D eigenvalue weighted by molar-refractivity contribution is 0.216. The van der Waals surface area contributed by atoms with Gasteiger partial charge < -0.3 is 5.11 Å². The van der Waals surface area contributed by atoms with Crippen LogP contribution in [0, 0.1) is 0 Å². The highest BCUT2D eigenvalue weighted by Gasteiger charge is 2.32. The quantitative estimate of drug-likeness (QED) is 0.839. The van der Waals surface area contributed by atoms with Gasteiger partial charge in [-0.2, -0.15) is 8.42 Å². The summed E-state index contributed by atoms with van der Waals surface area (Å²) in [6.07, 6.45) is 0. The molecule has 0 heterocycles. The largest absolute Gasteiger partial charge is 0.374 e. The van der Waals surface area contributed by atoms with E-state index in [1.54, 1.807) is 60.7 Å². The predicted molar refractivity (Wildman–Crippen MR) is 72.3 cm³/mol. The average molecular weight is 278 g/mol. The number of rotatable bonds is 4. The Balaban J connectivity index is 2.52. The van der Waals surface area contributed by atoms with Crippen LogP contribution in [0.25, 0.3) is 0 Å². The van der Waals surface area contributed by atoms with E-state index in [-0.39, 0.29) is 0 Å². The number of benzene rings is 2. The van der Waals surface area contributed by atoms with Gasteiger partial charge in [-0.05, 0) is 11.1 Å². The van der Waals surface area contributed by atoms with Crippen LogP contribution in [0.1, 0.15) is 17.0 Å². The normalized spacial score (nSPS) is 13.4. The predicted octanol–water partition coefficient (Wildman–Crippen LogP) is 2.02. The van der Waals surface area contributed by atoms with E-state index < -0.39 is 21.5 Å². The zero-order valence-electron chi connectivity index (χ0n) is 10.0. The van der Waals surface area contributed by atoms with Crippen LogP contribution >= 0.6 is 0 Å². The molecule has 0 bridgehead atoms. The third-order valence-corrected chi connectivity index (χ3v) is 3.79. The van der Waals surface area contributed by atoms with Crippen molar-refractivity contribution in [3.05, 3.63) is 71.8 Å². The maximum atomic E-state index is 11.2. The summed E-state index contributed by atoms with van der Waals surface area (Å²) >= 11 is 0. The molecule has 0 fully saturated rings. The van der Waals surface area contributed by atoms with E-state index >= 15 is 0 Å². The van der Waals surface area contributed by atoms with Gasteiger partial charge in [0.05, 0.1) is 5.92 Å². The Hall–Kier alpha value is -1.69. The molecule has 100 valence electrons. The highest BCUT2D eigenvalue weighted by molar-refractivity contribution is 7.86. The zero-order chi connectivity index (χ0) is 13.9. The van der Waals surface area contributed by atoms with E-state index in [9.17, 15) is 13.5 Å². The molecule has 0 unspecified atom stereocenters. The second-order valence-corrected chi connectivity index (χ2v) is 5.72. The molecule has 19 heavy (non-hydrogen) atoms. The number of hydrogen-bond acceptors (Lipinski definition) is 3. The van der Waals surface area contributed by atoms with E-state index in [0.717, 1.165) is 0 Å². The summed E-state index contributed by atoms with van der Waals surface area (Å²) in [6.45, 7) is 0. The summed E-state index contributed by atoms with van der Waals surface area (Å²) < 4.78 is 31.6. The highest BCUT2D eigenvalue weighted by atomic mass is 32.2. The molecule has 0 saturated carbocycles. The van der Waals surface area contributed by atoms with Crippen LogP contribution in [-0.2, 0) is 10.1 Å². The van der Waals surface area contributed by atoms with Gasteiger partial charge >= 0.3 is 0 Å². The highest BCUT2D eigenvalue weighted by Crippen LogP contribution is 2.30. The van der Waals surface area contributed by atoms with Crippen LogP contribution in [0.3, 0.4) is 0 Å². The summed E-state index contributed by atoms with van der Waals surface area (Å²) in [5.41, 5.74) is -0.644. The van der Waals surface area contributed by atoms with Gasteiger partial charge in [0.1, 0.15) is 0 Å². The third-order valence-electron chi connectivity index (χ3n) is 2.91. The minimum absolute atomic E-state index is 0.624. The molecule has 0 saturated heterocycles. The van der Waals surface area contributed by atoms with Crippen LogP contribution in [0.4, 0.5) is 0 Å². The molecule has 0 aliphatic rings. The number of hydrogen-bond donors (Lipinski definition) is 2. The standard InChI is InChI=1S/C14H14O4S/c15-14(19(16,17)18)13(11-7-3-1-4-8-11)12-9-5-2-6-10-12/h1-10,13-15H,(H,16,17,18)/t14-/m1/s1. The molecular formula is C14H14O4S. The fourth-order valence-electron chi connectivity index (χ4n) is 2.01. The minimum atomic E-state index is -4.54. The summed E-state index contributed by atoms with van der Waals surface area (Å²) in [5.74, 6) is -0.822. The van der Waals surface area contributed by atoms with Crippen molar-refractivity contribution in [2.24, 2.45) is 0 Å². The Labute approximate surface area is 112 Å². The number of aliphatic hydroxyl groups excluding tert-OH is 1. The average Bonchev–Trinajstić information content (AvgIpc) is 2.40. The van der Waals surface area contributed by atoms with E-state index in [1.807, 2.05) is 0 Å². The number of aliphatic hydroxyl groups is 1. The molecule has 0 aromatic heterocycles. The Morgan fingerprint density at radius 3 is 1.47 bits per heavy atom. The first-order valence-corrected chi connectivity index (χ1v) is 7.25. The topological polar surface area (TPSA) is 74.6 Å². The van der Waals surface area contributed by atoms with E-state index in [1.165, 1.54) is 0 Å². The monoisotopic (exact) mass is 278 g/mol. The molecule has 0 aliphatic carbocycles. The van der Waals surface area contributed by atoms with Gasteiger partial charge in [0.15, 0.2) is 5.44 Å². The van der Waals surface area contributed by atoms with Gasteiger partial charge in [-0.25, -0.2) is 0 Å². The van der Waals surface area contributed by atoms with Crippen molar-refractivity contribution in [3.8, 4) is 0 Å². The fraction of sp³-hybridized carbons (Fsp3) is 0.143. The van der Waals surface area contributed by atoms with Crippen LogP contribution in [0.15, 0.2) is 60.7 Å². The maximum Gasteiger partial charge on any atom is 0.292 e. The van der Waals surface area contributed by atoms with Crippen molar-refractivity contribution < 1.29 is 18.1 Å². The van der Waals surface area contributed by atoms with Crippen LogP contribution in [-0.4, -0.2) is 23.5 Å². The molecular weight excluding hydrogens is 264 g/mol. The lowest BCUT2D eigenvalue weighted by atomic mass is 9.92. The molecule has 0 amide bonds. The lowest BCUT2D eigenvalue weighted by Crippen LogP contribution is -2.28. The van der Waals surface area contributed by atoms with Crippen molar-refractivity contribution in [1.82, 2.24) is 0 Å². The first-order valence-electron chi connectivity index (χ1n) is 5.74. The van der Waals surface area contributed by atoms with Crippen LogP contribution in [0.5, 0.6) is 0 Å². The van der Waals surface area contributed by atoms with Crippen molar-refractivity contribution >= 4 is 10.1 Å². The van der Waals surface area contributed by atoms with Gasteiger partial charge in [-0.1, -0.05) is 60.7 Å². The summed E-state index contributed by atoms with van der Waals surface area (Å²) in [4.78, 5) is 0. The van der Waals surface area contributed by atoms with Gasteiger partial charge in [-0.15, -0.1) is 0 Å². The molecule has 5 heteroatoms. The first-order chi connectivity index (χ1) is 9.00. The zero-order valence-corrected chi connectivity index (χ0v) is 10.9.